The molecular weight excluding hydrogens is 306 g/mol. The van der Waals surface area contributed by atoms with Crippen LogP contribution in [0.1, 0.15) is 0 Å². The Morgan fingerprint density at radius 3 is 2.39 bits per heavy atom. The highest BCUT2D eigenvalue weighted by Gasteiger charge is 2.22. The first-order valence-corrected chi connectivity index (χ1v) is 6.86. The third kappa shape index (κ3) is 3.72. The summed E-state index contributed by atoms with van der Waals surface area (Å²) in [6.07, 6.45) is 0.173. The van der Waals surface area contributed by atoms with Crippen LogP contribution in [-0.2, 0) is 19.6 Å². The van der Waals surface area contributed by atoms with E-state index in [9.17, 15) is 18.0 Å². The molecule has 10 heteroatoms. The number of carboxylic acids is 1. The van der Waals surface area contributed by atoms with Crippen LogP contribution in [0.4, 0.5) is 0 Å². The lowest BCUT2D eigenvalue weighted by molar-refractivity contribution is -0.132. The molecule has 0 aliphatic rings. The number of sulfonamides is 1. The van der Waals surface area contributed by atoms with Gasteiger partial charge in [-0.2, -0.15) is 0 Å². The zero-order valence-corrected chi connectivity index (χ0v) is 10.8. The second kappa shape index (κ2) is 5.38. The minimum absolute atomic E-state index is 0.173. The monoisotopic (exact) mass is 311 g/mol. The third-order valence-electron chi connectivity index (χ3n) is 1.53. The molecular formula is C8H6ClNO6S2. The van der Waals surface area contributed by atoms with E-state index in [-0.39, 0.29) is 14.6 Å². The molecule has 7 nitrogen and oxygen atoms in total. The minimum Gasteiger partial charge on any atom is -0.503 e. The summed E-state index contributed by atoms with van der Waals surface area (Å²) >= 11 is 6.24. The van der Waals surface area contributed by atoms with Crippen LogP contribution in [0.15, 0.2) is 28.2 Å². The molecule has 0 bridgehead atoms. The minimum atomic E-state index is -4.18. The molecule has 98 valence electrons. The van der Waals surface area contributed by atoms with Crippen molar-refractivity contribution in [2.24, 2.45) is 0 Å². The van der Waals surface area contributed by atoms with Gasteiger partial charge >= 0.3 is 5.97 Å². The van der Waals surface area contributed by atoms with Crippen molar-refractivity contribution in [3.63, 3.8) is 0 Å². The first-order valence-electron chi connectivity index (χ1n) is 4.18. The lowest BCUT2D eigenvalue weighted by Crippen LogP contribution is -2.31. The third-order valence-corrected chi connectivity index (χ3v) is 4.59. The van der Waals surface area contributed by atoms with Crippen LogP contribution in [0.2, 0.25) is 4.34 Å². The van der Waals surface area contributed by atoms with Gasteiger partial charge in [0.2, 0.25) is 0 Å². The van der Waals surface area contributed by atoms with Crippen LogP contribution in [-0.4, -0.2) is 30.5 Å². The Bertz CT molecular complexity index is 617. The summed E-state index contributed by atoms with van der Waals surface area (Å²) in [4.78, 5) is 21.3. The highest BCUT2D eigenvalue weighted by Crippen LogP contribution is 2.25. The van der Waals surface area contributed by atoms with Gasteiger partial charge in [-0.25, -0.2) is 17.9 Å². The molecule has 0 aliphatic heterocycles. The van der Waals surface area contributed by atoms with E-state index in [0.717, 1.165) is 0 Å². The maximum Gasteiger partial charge on any atom is 0.332 e. The quantitative estimate of drug-likeness (QED) is 0.557. The summed E-state index contributed by atoms with van der Waals surface area (Å²) in [7, 11) is -4.18. The van der Waals surface area contributed by atoms with Gasteiger partial charge < -0.3 is 10.2 Å². The van der Waals surface area contributed by atoms with Crippen molar-refractivity contribution in [3.05, 3.63) is 28.3 Å². The molecule has 0 saturated carbocycles. The van der Waals surface area contributed by atoms with E-state index in [2.05, 4.69) is 0 Å². The van der Waals surface area contributed by atoms with E-state index in [1.165, 1.54) is 16.9 Å². The number of aliphatic hydroxyl groups excluding tert-OH is 1. The summed E-state index contributed by atoms with van der Waals surface area (Å²) < 4.78 is 24.6. The number of carbonyl (C=O) groups is 2. The number of thiophene rings is 1. The van der Waals surface area contributed by atoms with Gasteiger partial charge in [-0.15, -0.1) is 11.3 Å². The number of amides is 1. The lowest BCUT2D eigenvalue weighted by Gasteiger charge is -2.03. The van der Waals surface area contributed by atoms with Crippen LogP contribution < -0.4 is 4.72 Å². The summed E-state index contributed by atoms with van der Waals surface area (Å²) in [5, 5.41) is 17.3. The Kier molecular flexibility index (Phi) is 4.33. The molecule has 1 rings (SSSR count). The molecule has 18 heavy (non-hydrogen) atoms. The first kappa shape index (κ1) is 14.5. The standard InChI is InChI=1S/C8H6ClNO6S2/c9-5-1-2-7(17-5)18(15,16)10-8(14)4(11)3-6(12)13/h1-3,11H,(H,10,14)(H,12,13)/b4-3-. The summed E-state index contributed by atoms with van der Waals surface area (Å²) in [5.74, 6) is -4.25. The van der Waals surface area contributed by atoms with Gasteiger partial charge in [0.05, 0.1) is 10.4 Å². The van der Waals surface area contributed by atoms with Crippen molar-refractivity contribution in [1.82, 2.24) is 4.72 Å². The zero-order chi connectivity index (χ0) is 13.9. The maximum absolute atomic E-state index is 11.6. The molecule has 1 heterocycles. The molecule has 0 fully saturated rings. The normalized spacial score (nSPS) is 12.2. The number of carboxylic acid groups (broad SMARTS) is 1. The molecule has 0 aliphatic carbocycles. The van der Waals surface area contributed by atoms with Crippen LogP contribution in [0.3, 0.4) is 0 Å². The van der Waals surface area contributed by atoms with E-state index in [1.807, 2.05) is 0 Å². The van der Waals surface area contributed by atoms with E-state index >= 15 is 0 Å². The molecule has 3 N–H and O–H groups in total. The molecule has 1 aromatic rings. The van der Waals surface area contributed by atoms with Crippen LogP contribution in [0, 0.1) is 0 Å². The van der Waals surface area contributed by atoms with E-state index in [0.29, 0.717) is 11.3 Å². The number of carbonyl (C=O) groups excluding carboxylic acids is 1. The van der Waals surface area contributed by atoms with Gasteiger partial charge in [-0.3, -0.25) is 4.79 Å². The number of rotatable bonds is 4. The fraction of sp³-hybridized carbons (Fsp3) is 0. The molecule has 0 saturated heterocycles. The van der Waals surface area contributed by atoms with Crippen LogP contribution >= 0.6 is 22.9 Å². The second-order valence-electron chi connectivity index (χ2n) is 2.86. The molecule has 0 radical (unpaired) electrons. The lowest BCUT2D eigenvalue weighted by atomic mass is 10.4. The fourth-order valence-corrected chi connectivity index (χ4v) is 3.29. The van der Waals surface area contributed by atoms with E-state index < -0.39 is 27.7 Å². The van der Waals surface area contributed by atoms with Gasteiger partial charge in [-0.05, 0) is 12.1 Å². The SMILES string of the molecule is O=C(O)/C=C(\O)C(=O)NS(=O)(=O)c1ccc(Cl)s1. The van der Waals surface area contributed by atoms with Crippen LogP contribution in [0.5, 0.6) is 0 Å². The van der Waals surface area contributed by atoms with Gasteiger partial charge in [0.1, 0.15) is 4.21 Å². The van der Waals surface area contributed by atoms with Crippen molar-refractivity contribution < 1.29 is 28.2 Å². The number of nitrogens with one attached hydrogen (secondary N) is 1. The number of halogens is 1. The average Bonchev–Trinajstić information content (AvgIpc) is 2.63. The van der Waals surface area contributed by atoms with E-state index in [4.69, 9.17) is 21.8 Å². The molecule has 1 aromatic heterocycles. The smallest absolute Gasteiger partial charge is 0.332 e. The fourth-order valence-electron chi connectivity index (χ4n) is 0.849. The number of hydrogen-bond donors (Lipinski definition) is 3. The molecule has 1 amide bonds. The predicted octanol–water partition coefficient (Wildman–Crippen LogP) is 0.733. The largest absolute Gasteiger partial charge is 0.503 e. The highest BCUT2D eigenvalue weighted by atomic mass is 35.5. The maximum atomic E-state index is 11.6. The molecule has 0 atom stereocenters. The van der Waals surface area contributed by atoms with Crippen molar-refractivity contribution >= 4 is 44.8 Å². The number of hydrogen-bond acceptors (Lipinski definition) is 6. The molecule has 0 aromatic carbocycles. The molecule has 0 spiro atoms. The summed E-state index contributed by atoms with van der Waals surface area (Å²) in [5.41, 5.74) is 0. The zero-order valence-electron chi connectivity index (χ0n) is 8.45. The van der Waals surface area contributed by atoms with Crippen molar-refractivity contribution in [1.29, 1.82) is 0 Å². The van der Waals surface area contributed by atoms with Gasteiger partial charge in [0.25, 0.3) is 15.9 Å². The van der Waals surface area contributed by atoms with Gasteiger partial charge in [0, 0.05) is 0 Å². The Morgan fingerprint density at radius 1 is 1.33 bits per heavy atom. The highest BCUT2D eigenvalue weighted by molar-refractivity contribution is 7.92. The number of aliphatic carboxylic acids is 1. The van der Waals surface area contributed by atoms with Crippen LogP contribution in [0.25, 0.3) is 0 Å². The Labute approximate surface area is 110 Å². The summed E-state index contributed by atoms with van der Waals surface area (Å²) in [6, 6.07) is 2.48. The Balaban J connectivity index is 2.91. The topological polar surface area (TPSA) is 121 Å². The second-order valence-corrected chi connectivity index (χ2v) is 6.49. The van der Waals surface area contributed by atoms with Gasteiger partial charge in [0.15, 0.2) is 5.76 Å². The molecule has 0 unspecified atom stereocenters. The van der Waals surface area contributed by atoms with Crippen molar-refractivity contribution in [3.8, 4) is 0 Å². The average molecular weight is 312 g/mol. The predicted molar refractivity (Wildman–Crippen MR) is 63.0 cm³/mol. The van der Waals surface area contributed by atoms with Crippen molar-refractivity contribution in [2.45, 2.75) is 4.21 Å². The number of aliphatic hydroxyl groups is 1. The van der Waals surface area contributed by atoms with E-state index in [1.54, 1.807) is 0 Å². The Hall–Kier alpha value is -1.58. The Morgan fingerprint density at radius 2 is 1.94 bits per heavy atom. The van der Waals surface area contributed by atoms with Crippen molar-refractivity contribution in [2.75, 3.05) is 0 Å². The summed E-state index contributed by atoms with van der Waals surface area (Å²) in [6.45, 7) is 0. The first-order chi connectivity index (χ1) is 8.22. The van der Waals surface area contributed by atoms with Gasteiger partial charge in [-0.1, -0.05) is 11.6 Å².